The molecule has 0 N–H and O–H groups in total. The fourth-order valence-corrected chi connectivity index (χ4v) is 3.02. The van der Waals surface area contributed by atoms with Gasteiger partial charge < -0.3 is 14.4 Å². The van der Waals surface area contributed by atoms with Gasteiger partial charge in [0.15, 0.2) is 11.5 Å². The number of hydrogen-bond donors (Lipinski definition) is 0. The molecule has 1 aromatic rings. The van der Waals surface area contributed by atoms with Crippen molar-refractivity contribution in [2.45, 2.75) is 38.1 Å². The molecular formula is C16H18F3NO3. The van der Waals surface area contributed by atoms with Crippen molar-refractivity contribution in [2.24, 2.45) is 5.92 Å². The maximum Gasteiger partial charge on any atom is 0.393 e. The van der Waals surface area contributed by atoms with Crippen molar-refractivity contribution in [1.29, 1.82) is 0 Å². The highest BCUT2D eigenvalue weighted by molar-refractivity contribution is 5.82. The van der Waals surface area contributed by atoms with E-state index in [9.17, 15) is 18.0 Å². The number of halogens is 3. The second-order valence-electron chi connectivity index (χ2n) is 5.97. The minimum Gasteiger partial charge on any atom is -0.482 e. The van der Waals surface area contributed by atoms with Crippen LogP contribution < -0.4 is 9.47 Å². The molecule has 3 rings (SSSR count). The molecule has 1 aromatic carbocycles. The van der Waals surface area contributed by atoms with Gasteiger partial charge in [-0.2, -0.15) is 13.2 Å². The molecule has 1 amide bonds. The van der Waals surface area contributed by atoms with Crippen molar-refractivity contribution in [3.05, 3.63) is 24.3 Å². The summed E-state index contributed by atoms with van der Waals surface area (Å²) in [4.78, 5) is 13.8. The van der Waals surface area contributed by atoms with Crippen molar-refractivity contribution >= 4 is 5.91 Å². The first-order chi connectivity index (χ1) is 10.9. The fourth-order valence-electron chi connectivity index (χ4n) is 3.02. The molecule has 1 saturated heterocycles. The third-order valence-corrected chi connectivity index (χ3v) is 4.28. The zero-order chi connectivity index (χ0) is 16.6. The number of carbonyl (C=O) groups excluding carboxylic acids is 1. The number of ether oxygens (including phenoxy) is 2. The Morgan fingerprint density at radius 3 is 2.52 bits per heavy atom. The monoisotopic (exact) mass is 329 g/mol. The number of alkyl halides is 3. The number of fused-ring (bicyclic) bond motifs is 1. The summed E-state index contributed by atoms with van der Waals surface area (Å²) in [5, 5.41) is 0. The van der Waals surface area contributed by atoms with E-state index in [1.807, 2.05) is 0 Å². The lowest BCUT2D eigenvalue weighted by molar-refractivity contribution is -0.190. The Bertz CT molecular complexity index is 590. The molecule has 0 aliphatic carbocycles. The zero-order valence-corrected chi connectivity index (χ0v) is 12.7. The molecule has 0 bridgehead atoms. The molecule has 2 aliphatic rings. The number of para-hydroxylation sites is 2. The number of benzene rings is 1. The third kappa shape index (κ3) is 3.23. The van der Waals surface area contributed by atoms with Gasteiger partial charge in [0.2, 0.25) is 6.10 Å². The third-order valence-electron chi connectivity index (χ3n) is 4.28. The van der Waals surface area contributed by atoms with Crippen LogP contribution in [0.1, 0.15) is 19.8 Å². The zero-order valence-electron chi connectivity index (χ0n) is 12.7. The summed E-state index contributed by atoms with van der Waals surface area (Å²) in [6.45, 7) is 1.69. The van der Waals surface area contributed by atoms with E-state index >= 15 is 0 Å². The first-order valence-electron chi connectivity index (χ1n) is 7.64. The normalized spacial score (nSPS) is 27.7. The summed E-state index contributed by atoms with van der Waals surface area (Å²) in [7, 11) is 0. The maximum atomic E-state index is 12.9. The molecule has 0 radical (unpaired) electrons. The van der Waals surface area contributed by atoms with Gasteiger partial charge in [-0.1, -0.05) is 12.1 Å². The van der Waals surface area contributed by atoms with Gasteiger partial charge in [0.25, 0.3) is 5.91 Å². The summed E-state index contributed by atoms with van der Waals surface area (Å²) in [5.41, 5.74) is 0. The molecule has 126 valence electrons. The molecule has 0 saturated carbocycles. The molecule has 0 aromatic heterocycles. The van der Waals surface area contributed by atoms with Crippen LogP contribution >= 0.6 is 0 Å². The topological polar surface area (TPSA) is 38.8 Å². The van der Waals surface area contributed by atoms with Crippen LogP contribution in [0.2, 0.25) is 0 Å². The Morgan fingerprint density at radius 2 is 1.87 bits per heavy atom. The Hall–Kier alpha value is -1.92. The quantitative estimate of drug-likeness (QED) is 0.795. The number of piperidine rings is 1. The maximum absolute atomic E-state index is 12.9. The summed E-state index contributed by atoms with van der Waals surface area (Å²) in [5.74, 6) is -0.933. The Morgan fingerprint density at radius 1 is 1.22 bits per heavy atom. The Kier molecular flexibility index (Phi) is 4.12. The molecule has 3 atom stereocenters. The number of nitrogens with zero attached hydrogens (tertiary/aromatic N) is 1. The van der Waals surface area contributed by atoms with Crippen molar-refractivity contribution in [3.63, 3.8) is 0 Å². The van der Waals surface area contributed by atoms with Crippen LogP contribution in [0.5, 0.6) is 11.5 Å². The van der Waals surface area contributed by atoms with E-state index < -0.39 is 30.2 Å². The van der Waals surface area contributed by atoms with Gasteiger partial charge in [0.05, 0.1) is 5.92 Å². The van der Waals surface area contributed by atoms with Crippen molar-refractivity contribution in [2.75, 3.05) is 13.1 Å². The van der Waals surface area contributed by atoms with Gasteiger partial charge in [-0.3, -0.25) is 4.79 Å². The standard InChI is InChI=1S/C16H18F3NO3/c1-10-14(23-13-7-3-2-6-12(13)22-10)15(21)20-8-4-5-11(9-20)16(17,18)19/h2-3,6-7,10-11,14H,4-5,8-9H2,1H3/t10-,11+,14+/m0/s1. The molecule has 0 unspecified atom stereocenters. The van der Waals surface area contributed by atoms with Gasteiger partial charge in [-0.05, 0) is 31.9 Å². The van der Waals surface area contributed by atoms with Crippen molar-refractivity contribution < 1.29 is 27.4 Å². The highest BCUT2D eigenvalue weighted by Crippen LogP contribution is 2.36. The van der Waals surface area contributed by atoms with Crippen LogP contribution in [0.25, 0.3) is 0 Å². The van der Waals surface area contributed by atoms with E-state index in [4.69, 9.17) is 9.47 Å². The molecule has 23 heavy (non-hydrogen) atoms. The smallest absolute Gasteiger partial charge is 0.393 e. The average molecular weight is 329 g/mol. The molecule has 4 nitrogen and oxygen atoms in total. The number of hydrogen-bond acceptors (Lipinski definition) is 3. The summed E-state index contributed by atoms with van der Waals surface area (Å²) in [6.07, 6.45) is -5.34. The van der Waals surface area contributed by atoms with Crippen LogP contribution in [0.15, 0.2) is 24.3 Å². The predicted octanol–water partition coefficient (Wildman–Crippen LogP) is 3.02. The van der Waals surface area contributed by atoms with E-state index in [-0.39, 0.29) is 13.0 Å². The lowest BCUT2D eigenvalue weighted by Crippen LogP contribution is -2.54. The number of rotatable bonds is 1. The first-order valence-corrected chi connectivity index (χ1v) is 7.64. The lowest BCUT2D eigenvalue weighted by atomic mass is 9.96. The molecule has 0 spiro atoms. The van der Waals surface area contributed by atoms with Gasteiger partial charge in [0.1, 0.15) is 6.10 Å². The highest BCUT2D eigenvalue weighted by atomic mass is 19.4. The SMILES string of the molecule is C[C@@H]1Oc2ccccc2O[C@H]1C(=O)N1CCC[C@@H](C(F)(F)F)C1. The first kappa shape index (κ1) is 16.0. The van der Waals surface area contributed by atoms with E-state index in [2.05, 4.69) is 0 Å². The van der Waals surface area contributed by atoms with E-state index in [1.54, 1.807) is 31.2 Å². The number of carbonyl (C=O) groups is 1. The van der Waals surface area contributed by atoms with E-state index in [1.165, 1.54) is 4.90 Å². The van der Waals surface area contributed by atoms with Gasteiger partial charge in [-0.25, -0.2) is 0 Å². The molecule has 2 heterocycles. The van der Waals surface area contributed by atoms with Crippen molar-refractivity contribution in [1.82, 2.24) is 4.90 Å². The fraction of sp³-hybridized carbons (Fsp3) is 0.562. The van der Waals surface area contributed by atoms with Gasteiger partial charge in [-0.15, -0.1) is 0 Å². The minimum atomic E-state index is -4.28. The van der Waals surface area contributed by atoms with E-state index in [0.717, 1.165) is 0 Å². The van der Waals surface area contributed by atoms with Crippen LogP contribution in [0.4, 0.5) is 13.2 Å². The molecule has 7 heteroatoms. The second-order valence-corrected chi connectivity index (χ2v) is 5.97. The molecular weight excluding hydrogens is 311 g/mol. The van der Waals surface area contributed by atoms with Gasteiger partial charge in [0, 0.05) is 13.1 Å². The van der Waals surface area contributed by atoms with Crippen LogP contribution in [-0.4, -0.2) is 42.3 Å². The summed E-state index contributed by atoms with van der Waals surface area (Å²) >= 11 is 0. The van der Waals surface area contributed by atoms with Gasteiger partial charge >= 0.3 is 6.18 Å². The molecule has 2 aliphatic heterocycles. The predicted molar refractivity (Wildman–Crippen MR) is 76.3 cm³/mol. The van der Waals surface area contributed by atoms with E-state index in [0.29, 0.717) is 24.5 Å². The Balaban J connectivity index is 1.73. The average Bonchev–Trinajstić information content (AvgIpc) is 2.53. The van der Waals surface area contributed by atoms with Crippen LogP contribution in [0, 0.1) is 5.92 Å². The minimum absolute atomic E-state index is 0.0632. The lowest BCUT2D eigenvalue weighted by Gasteiger charge is -2.38. The number of likely N-dealkylation sites (tertiary alicyclic amines) is 1. The van der Waals surface area contributed by atoms with Crippen molar-refractivity contribution in [3.8, 4) is 11.5 Å². The second kappa shape index (κ2) is 5.94. The summed E-state index contributed by atoms with van der Waals surface area (Å²) in [6, 6.07) is 6.94. The number of amides is 1. The summed E-state index contributed by atoms with van der Waals surface area (Å²) < 4.78 is 50.0. The highest BCUT2D eigenvalue weighted by Gasteiger charge is 2.45. The molecule has 1 fully saturated rings. The largest absolute Gasteiger partial charge is 0.482 e. The van der Waals surface area contributed by atoms with Crippen LogP contribution in [0.3, 0.4) is 0 Å². The van der Waals surface area contributed by atoms with Crippen LogP contribution in [-0.2, 0) is 4.79 Å². The Labute approximate surface area is 132 Å².